The summed E-state index contributed by atoms with van der Waals surface area (Å²) in [7, 11) is 0. The summed E-state index contributed by atoms with van der Waals surface area (Å²) < 4.78 is 16.3. The first-order valence-electron chi connectivity index (χ1n) is 34.0. The smallest absolute Gasteiger partial charge is 0.231 e. The number of aryl methyl sites for hydroxylation is 2. The highest BCUT2D eigenvalue weighted by Crippen LogP contribution is 2.45. The average Bonchev–Trinajstić information content (AvgIpc) is 4.54. The third-order valence-electron chi connectivity index (χ3n) is 20.5. The fourth-order valence-corrected chi connectivity index (χ4v) is 14.4. The van der Waals surface area contributed by atoms with Crippen LogP contribution in [0.5, 0.6) is 11.5 Å². The van der Waals surface area contributed by atoms with Crippen LogP contribution < -0.4 is 9.47 Å². The van der Waals surface area contributed by atoms with Crippen molar-refractivity contribution in [2.75, 3.05) is 39.5 Å². The van der Waals surface area contributed by atoms with E-state index in [2.05, 4.69) is 182 Å². The molecule has 9 aliphatic rings. The van der Waals surface area contributed by atoms with Crippen LogP contribution in [-0.2, 0) is 17.6 Å². The Morgan fingerprint density at radius 3 is 1.71 bits per heavy atom. The summed E-state index contributed by atoms with van der Waals surface area (Å²) in [4.78, 5) is 16.2. The molecule has 2 N–H and O–H groups in total. The van der Waals surface area contributed by atoms with Crippen molar-refractivity contribution in [3.05, 3.63) is 125 Å². The van der Waals surface area contributed by atoms with Gasteiger partial charge in [0.15, 0.2) is 11.5 Å². The molecule has 7 fully saturated rings. The molecule has 3 atom stereocenters. The van der Waals surface area contributed by atoms with Gasteiger partial charge in [-0.1, -0.05) is 133 Å². The number of piperidine rings is 4. The number of ether oxygens (including phenoxy) is 3. The second-order valence-corrected chi connectivity index (χ2v) is 28.8. The van der Waals surface area contributed by atoms with E-state index in [9.17, 15) is 0 Å². The van der Waals surface area contributed by atoms with Crippen LogP contribution in [0.15, 0.2) is 91.4 Å². The Balaban J connectivity index is 0.000000128. The Morgan fingerprint density at radius 2 is 1.12 bits per heavy atom. The molecule has 8 heteroatoms. The molecule has 6 aromatic rings. The number of pyridine rings is 1. The van der Waals surface area contributed by atoms with Gasteiger partial charge < -0.3 is 34.0 Å². The molecule has 0 amide bonds. The molecule has 4 bridgehead atoms. The van der Waals surface area contributed by atoms with Gasteiger partial charge in [0.25, 0.3) is 0 Å². The molecule has 2 aliphatic carbocycles. The first-order valence-corrected chi connectivity index (χ1v) is 34.0. The summed E-state index contributed by atoms with van der Waals surface area (Å²) in [6.07, 6.45) is 29.7. The van der Waals surface area contributed by atoms with Crippen LogP contribution in [0.1, 0.15) is 244 Å². The summed E-state index contributed by atoms with van der Waals surface area (Å²) in [5, 5.41) is 2.60. The molecular weight excluding hydrogens is 1030 g/mol. The zero-order chi connectivity index (χ0) is 59.9. The summed E-state index contributed by atoms with van der Waals surface area (Å²) in [6, 6.07) is 26.6. The highest BCUT2D eigenvalue weighted by molar-refractivity contribution is 5.80. The minimum atomic E-state index is 0.358. The zero-order valence-electron chi connectivity index (χ0n) is 55.2. The lowest BCUT2D eigenvalue weighted by Gasteiger charge is -2.46. The molecule has 10 heterocycles. The second-order valence-electron chi connectivity index (χ2n) is 28.8. The van der Waals surface area contributed by atoms with Gasteiger partial charge in [0.05, 0.1) is 12.2 Å². The number of nitrogens with one attached hydrogen (secondary N) is 2. The molecule has 84 heavy (non-hydrogen) atoms. The number of likely N-dealkylation sites (tertiary alicyclic amines) is 1. The SMILES string of the molecule is CC(C)C1CC2CCC(C1)O2.CC(C)C1CN2CCC1CC2.CC(C)N1CCC2(CCCCC2)CC1.CC(C)c1ccc2[nH]ccc2c1.CC(C)c1ccc2c(c1)OCO2.CC(C)c1ccc2cc[nH]c2c1.CC(C)c1cnc2c(c1)CCC2. The van der Waals surface area contributed by atoms with Gasteiger partial charge in [-0.05, 0) is 263 Å². The molecule has 3 aromatic heterocycles. The third-order valence-corrected chi connectivity index (χ3v) is 20.5. The maximum atomic E-state index is 5.78. The van der Waals surface area contributed by atoms with E-state index in [0.29, 0.717) is 42.7 Å². The van der Waals surface area contributed by atoms with Crippen LogP contribution in [0.4, 0.5) is 0 Å². The first-order chi connectivity index (χ1) is 40.3. The van der Waals surface area contributed by atoms with Gasteiger partial charge in [0.2, 0.25) is 6.79 Å². The predicted molar refractivity (Wildman–Crippen MR) is 356 cm³/mol. The van der Waals surface area contributed by atoms with E-state index in [1.54, 1.807) is 0 Å². The van der Waals surface area contributed by atoms with Crippen LogP contribution >= 0.6 is 0 Å². The van der Waals surface area contributed by atoms with Gasteiger partial charge in [0, 0.05) is 47.9 Å². The molecular formula is C76H115N5O3. The van der Waals surface area contributed by atoms with Crippen molar-refractivity contribution < 1.29 is 14.2 Å². The zero-order valence-corrected chi connectivity index (χ0v) is 55.2. The highest BCUT2D eigenvalue weighted by atomic mass is 16.7. The van der Waals surface area contributed by atoms with E-state index >= 15 is 0 Å². The van der Waals surface area contributed by atoms with Crippen LogP contribution in [-0.4, -0.2) is 82.5 Å². The average molecular weight is 1150 g/mol. The van der Waals surface area contributed by atoms with E-state index in [0.717, 1.165) is 52.5 Å². The van der Waals surface area contributed by atoms with E-state index < -0.39 is 0 Å². The summed E-state index contributed by atoms with van der Waals surface area (Å²) in [5.74, 6) is 8.91. The Bertz CT molecular complexity index is 2710. The monoisotopic (exact) mass is 1150 g/mol. The largest absolute Gasteiger partial charge is 0.454 e. The molecule has 3 aromatic carbocycles. The normalized spacial score (nSPS) is 23.5. The van der Waals surface area contributed by atoms with E-state index in [4.69, 9.17) is 14.2 Å². The summed E-state index contributed by atoms with van der Waals surface area (Å²) >= 11 is 0. The number of hydrogen-bond donors (Lipinski definition) is 2. The number of benzene rings is 3. The number of nitrogens with zero attached hydrogens (tertiary/aromatic N) is 3. The number of aromatic amines is 2. The van der Waals surface area contributed by atoms with E-state index in [-0.39, 0.29) is 0 Å². The minimum Gasteiger partial charge on any atom is -0.454 e. The fraction of sp³-hybridized carbons (Fsp3) is 0.645. The van der Waals surface area contributed by atoms with Gasteiger partial charge >= 0.3 is 0 Å². The lowest BCUT2D eigenvalue weighted by molar-refractivity contribution is -0.0290. The highest BCUT2D eigenvalue weighted by Gasteiger charge is 2.38. The number of aromatic nitrogens is 3. The predicted octanol–water partition coefficient (Wildman–Crippen LogP) is 19.8. The van der Waals surface area contributed by atoms with Crippen molar-refractivity contribution in [3.8, 4) is 11.5 Å². The maximum absolute atomic E-state index is 5.78. The molecule has 6 saturated heterocycles. The van der Waals surface area contributed by atoms with Gasteiger partial charge in [-0.2, -0.15) is 0 Å². The lowest BCUT2D eigenvalue weighted by atomic mass is 9.68. The van der Waals surface area contributed by atoms with Gasteiger partial charge in [0.1, 0.15) is 0 Å². The van der Waals surface area contributed by atoms with Crippen molar-refractivity contribution in [2.24, 2.45) is 35.0 Å². The van der Waals surface area contributed by atoms with Gasteiger partial charge in [-0.15, -0.1) is 0 Å². The van der Waals surface area contributed by atoms with Gasteiger partial charge in [-0.3, -0.25) is 4.98 Å². The molecule has 462 valence electrons. The van der Waals surface area contributed by atoms with Crippen molar-refractivity contribution in [3.63, 3.8) is 0 Å². The third kappa shape index (κ3) is 18.5. The van der Waals surface area contributed by atoms with Crippen LogP contribution in [0, 0.1) is 35.0 Å². The number of H-pyrrole nitrogens is 2. The van der Waals surface area contributed by atoms with Crippen molar-refractivity contribution in [1.82, 2.24) is 24.8 Å². The standard InChI is InChI=1S/C13H25N.2C11H13N.C11H15N.C10H19N.C10H12O2.C10H18O/c1-12(2)14-10-8-13(9-11-14)6-4-3-5-7-13;1-8(2)9-3-4-11-10(7-9)5-6-12-11;1-8(2)10-4-3-9-5-6-12-11(9)7-10;1-8(2)10-6-9-4-3-5-11(9)12-7-10;1-8(2)10-7-11-5-3-9(10)4-6-11;1-7(2)8-3-4-9-10(5-8)12-6-11-9;1-7(2)8-5-9-3-4-10(6-8)11-9/h12H,3-11H2,1-2H3;2*3-8,12H,1-2H3;6-8H,3-5H2,1-2H3;8-10H,3-7H2,1-2H3;3-5,7H,6H2,1-2H3;7-10H,3-6H2,1-2H3. The number of rotatable bonds is 7. The van der Waals surface area contributed by atoms with Crippen LogP contribution in [0.2, 0.25) is 0 Å². The van der Waals surface area contributed by atoms with E-state index in [1.807, 2.05) is 30.7 Å². The van der Waals surface area contributed by atoms with Crippen LogP contribution in [0.25, 0.3) is 21.8 Å². The van der Waals surface area contributed by atoms with Crippen molar-refractivity contribution in [2.45, 2.75) is 242 Å². The Hall–Kier alpha value is -4.63. The number of fused-ring (bicyclic) bond motifs is 9. The van der Waals surface area contributed by atoms with E-state index in [1.165, 1.54) is 191 Å². The molecule has 1 saturated carbocycles. The Labute approximate surface area is 510 Å². The topological polar surface area (TPSA) is 78.6 Å². The van der Waals surface area contributed by atoms with Crippen molar-refractivity contribution >= 4 is 21.8 Å². The maximum Gasteiger partial charge on any atom is 0.231 e. The molecule has 1 spiro atoms. The van der Waals surface area contributed by atoms with Crippen LogP contribution in [0.3, 0.4) is 0 Å². The summed E-state index contributed by atoms with van der Waals surface area (Å²) in [5.41, 5.74) is 11.5. The quantitative estimate of drug-likeness (QED) is 0.166. The second kappa shape index (κ2) is 31.3. The fourth-order valence-electron chi connectivity index (χ4n) is 14.4. The molecule has 15 rings (SSSR count). The Kier molecular flexibility index (Phi) is 24.4. The van der Waals surface area contributed by atoms with Gasteiger partial charge in [-0.25, -0.2) is 0 Å². The molecule has 0 radical (unpaired) electrons. The first kappa shape index (κ1) is 65.3. The lowest BCUT2D eigenvalue weighted by Crippen LogP contribution is -2.48. The Morgan fingerprint density at radius 1 is 0.524 bits per heavy atom. The minimum absolute atomic E-state index is 0.358. The molecule has 3 unspecified atom stereocenters. The number of hydrogen-bond acceptors (Lipinski definition) is 6. The van der Waals surface area contributed by atoms with Crippen molar-refractivity contribution in [1.29, 1.82) is 0 Å². The molecule has 8 nitrogen and oxygen atoms in total. The molecule has 7 aliphatic heterocycles. The summed E-state index contributed by atoms with van der Waals surface area (Å²) in [6.45, 7) is 39.0.